The molecule has 0 unspecified atom stereocenters. The second-order valence-corrected chi connectivity index (χ2v) is 9.80. The number of hydrogen-bond acceptors (Lipinski definition) is 2. The Kier molecular flexibility index (Phi) is 11.0. The van der Waals surface area contributed by atoms with Crippen LogP contribution >= 0.6 is 0 Å². The fourth-order valence-electron chi connectivity index (χ4n) is 5.28. The summed E-state index contributed by atoms with van der Waals surface area (Å²) in [4.78, 5) is 7.59. The molecule has 2 aromatic heterocycles. The van der Waals surface area contributed by atoms with Crippen LogP contribution in [0.5, 0.6) is 0 Å². The van der Waals surface area contributed by atoms with E-state index in [1.165, 1.54) is 44.5 Å². The van der Waals surface area contributed by atoms with E-state index in [-0.39, 0.29) is 44.8 Å². The molecular weight excluding hydrogens is 894 g/mol. The largest absolute Gasteiger partial charge is 0.439 e. The van der Waals surface area contributed by atoms with E-state index in [0.717, 1.165) is 24.0 Å². The third-order valence-corrected chi connectivity index (χ3v) is 7.20. The van der Waals surface area contributed by atoms with E-state index < -0.39 is 0 Å². The number of fused-ring (bicyclic) bond motifs is 6. The summed E-state index contributed by atoms with van der Waals surface area (Å²) in [6, 6.07) is 29.2. The van der Waals surface area contributed by atoms with E-state index in [4.69, 9.17) is 12.8 Å². The van der Waals surface area contributed by atoms with Crippen LogP contribution in [0.2, 0.25) is 0 Å². The molecule has 0 amide bonds. The van der Waals surface area contributed by atoms with Crippen LogP contribution in [0.3, 0.4) is 0 Å². The van der Waals surface area contributed by atoms with Crippen LogP contribution in [-0.4, -0.2) is 19.1 Å². The van der Waals surface area contributed by atoms with Gasteiger partial charge in [-0.15, -0.1) is 60.2 Å². The van der Waals surface area contributed by atoms with Crippen LogP contribution in [0.1, 0.15) is 33.4 Å². The van der Waals surface area contributed by atoms with Crippen molar-refractivity contribution in [1.29, 1.82) is 0 Å². The van der Waals surface area contributed by atoms with Crippen molar-refractivity contribution in [3.63, 3.8) is 0 Å². The Hall–Kier alpha value is -4.10. The molecule has 6 aromatic rings. The Labute approximate surface area is 284 Å². The fraction of sp³-hybridized carbons (Fsp3) is 0.0811. The summed E-state index contributed by atoms with van der Waals surface area (Å²) in [5.74, 6) is 4.87. The first-order valence-electron chi connectivity index (χ1n) is 13.3. The molecule has 0 saturated heterocycles. The first kappa shape index (κ1) is 31.8. The number of rotatable bonds is 2. The molecule has 2 aliphatic rings. The molecule has 218 valence electrons. The number of nitrogens with zero attached hydrogens (tertiary/aromatic N) is 4. The van der Waals surface area contributed by atoms with Gasteiger partial charge in [0.25, 0.3) is 0 Å². The molecule has 0 spiro atoms. The molecular formula is C37H24Au2N4-4. The van der Waals surface area contributed by atoms with Crippen molar-refractivity contribution in [1.82, 2.24) is 19.1 Å². The molecule has 4 nitrogen and oxygen atoms in total. The zero-order valence-corrected chi connectivity index (χ0v) is 27.2. The average Bonchev–Trinajstić information content (AvgIpc) is 3.84. The van der Waals surface area contributed by atoms with Crippen molar-refractivity contribution in [3.05, 3.63) is 169 Å². The maximum atomic E-state index is 7.12. The minimum atomic E-state index is 0. The van der Waals surface area contributed by atoms with Crippen molar-refractivity contribution in [2.24, 2.45) is 0 Å². The number of aromatic nitrogens is 4. The topological polar surface area (TPSA) is 35.6 Å². The molecule has 0 bridgehead atoms. The quantitative estimate of drug-likeness (QED) is 0.112. The van der Waals surface area contributed by atoms with Crippen LogP contribution in [0.15, 0.2) is 110 Å². The summed E-state index contributed by atoms with van der Waals surface area (Å²) in [6.45, 7) is 0.667. The van der Waals surface area contributed by atoms with E-state index in [0.29, 0.717) is 6.67 Å². The fourth-order valence-corrected chi connectivity index (χ4v) is 5.28. The number of benzene rings is 4. The molecule has 0 fully saturated rings. The van der Waals surface area contributed by atoms with Gasteiger partial charge in [-0.1, -0.05) is 71.8 Å². The van der Waals surface area contributed by atoms with Crippen LogP contribution < -0.4 is 0 Å². The molecule has 0 saturated carbocycles. The van der Waals surface area contributed by atoms with E-state index in [9.17, 15) is 0 Å². The molecule has 0 N–H and O–H groups in total. The minimum absolute atomic E-state index is 0. The second-order valence-electron chi connectivity index (χ2n) is 9.80. The Morgan fingerprint density at radius 2 is 1.00 bits per heavy atom. The van der Waals surface area contributed by atoms with Gasteiger partial charge < -0.3 is 31.9 Å². The Morgan fingerprint density at radius 1 is 0.581 bits per heavy atom. The number of hydrogen-bond donors (Lipinski definition) is 0. The minimum Gasteiger partial charge on any atom is -0.439 e. The van der Waals surface area contributed by atoms with Gasteiger partial charge >= 0.3 is 0 Å². The van der Waals surface area contributed by atoms with E-state index in [1.54, 1.807) is 12.4 Å². The van der Waals surface area contributed by atoms with Gasteiger partial charge in [0.15, 0.2) is 0 Å². The van der Waals surface area contributed by atoms with Gasteiger partial charge in [0.1, 0.15) is 0 Å². The van der Waals surface area contributed by atoms with Crippen molar-refractivity contribution >= 4 is 0 Å². The maximum absolute atomic E-state index is 7.12. The van der Waals surface area contributed by atoms with Crippen LogP contribution in [0, 0.1) is 37.3 Å². The zero-order chi connectivity index (χ0) is 28.0. The molecule has 4 aromatic carbocycles. The monoisotopic (exact) mass is 918 g/mol. The third kappa shape index (κ3) is 7.28. The van der Waals surface area contributed by atoms with Gasteiger partial charge in [-0.3, -0.25) is 11.8 Å². The second kappa shape index (κ2) is 14.9. The van der Waals surface area contributed by atoms with Gasteiger partial charge in [-0.25, -0.2) is 0 Å². The predicted octanol–water partition coefficient (Wildman–Crippen LogP) is 6.57. The van der Waals surface area contributed by atoms with Crippen LogP contribution in [-0.2, 0) is 64.3 Å². The van der Waals surface area contributed by atoms with Crippen LogP contribution in [0.4, 0.5) is 0 Å². The molecule has 0 aliphatic heterocycles. The van der Waals surface area contributed by atoms with Crippen LogP contribution in [0.25, 0.3) is 22.3 Å². The SMILES string of the molecule is [Au].[Au].[C-]#Cc1ccc2c(c1)Cc1ccccc1-2.[C-]#Cc1ccc2c(c1)Cc1ccccc1-2.[c-]1nccn1Cn1[c-]ncc1. The molecule has 43 heavy (non-hydrogen) atoms. The summed E-state index contributed by atoms with van der Waals surface area (Å²) < 4.78 is 3.64. The van der Waals surface area contributed by atoms with Crippen molar-refractivity contribution in [2.75, 3.05) is 0 Å². The van der Waals surface area contributed by atoms with Gasteiger partial charge in [-0.2, -0.15) is 0 Å². The summed E-state index contributed by atoms with van der Waals surface area (Å²) >= 11 is 0. The molecule has 2 radical (unpaired) electrons. The van der Waals surface area contributed by atoms with Crippen molar-refractivity contribution < 1.29 is 44.8 Å². The summed E-state index contributed by atoms with van der Waals surface area (Å²) in [6.07, 6.45) is 28.8. The van der Waals surface area contributed by atoms with Gasteiger partial charge in [-0.05, 0) is 46.2 Å². The molecule has 2 heterocycles. The Bertz CT molecular complexity index is 1750. The molecule has 6 heteroatoms. The standard InChI is InChI=1S/2C15H9.C7H6N4.2Au/c2*1-2-11-7-8-15-13(9-11)10-12-5-3-4-6-14(12)15;1-3-10(5-8-1)7-11-4-2-9-6-11;;/h2*3-9H,10H2;1-4H,7H2;;/q2*-1;-2;;. The van der Waals surface area contributed by atoms with E-state index in [2.05, 4.69) is 107 Å². The predicted molar refractivity (Wildman–Crippen MR) is 159 cm³/mol. The van der Waals surface area contributed by atoms with Crippen molar-refractivity contribution in [2.45, 2.75) is 19.5 Å². The van der Waals surface area contributed by atoms with Gasteiger partial charge in [0, 0.05) is 57.4 Å². The Balaban J connectivity index is 0.000000146. The zero-order valence-electron chi connectivity index (χ0n) is 22.9. The van der Waals surface area contributed by atoms with E-state index >= 15 is 0 Å². The van der Waals surface area contributed by atoms with E-state index in [1.807, 2.05) is 33.7 Å². The molecule has 0 atom stereocenters. The summed E-state index contributed by atoms with van der Waals surface area (Å²) in [7, 11) is 0. The van der Waals surface area contributed by atoms with Crippen molar-refractivity contribution in [3.8, 4) is 34.1 Å². The molecule has 2 aliphatic carbocycles. The average molecular weight is 919 g/mol. The first-order valence-corrected chi connectivity index (χ1v) is 13.3. The first-order chi connectivity index (χ1) is 20.2. The van der Waals surface area contributed by atoms with Gasteiger partial charge in [0.05, 0.1) is 6.67 Å². The molecule has 8 rings (SSSR count). The maximum Gasteiger partial charge on any atom is 0.0554 e. The third-order valence-electron chi connectivity index (χ3n) is 7.20. The van der Waals surface area contributed by atoms with Gasteiger partial charge in [0.2, 0.25) is 0 Å². The summed E-state index contributed by atoms with van der Waals surface area (Å²) in [5, 5.41) is 0. The normalized spacial score (nSPS) is 10.7. The number of imidazole rings is 2. The smallest absolute Gasteiger partial charge is 0.0554 e. The Morgan fingerprint density at radius 3 is 1.40 bits per heavy atom. The summed E-state index contributed by atoms with van der Waals surface area (Å²) in [5.41, 5.74) is 12.4.